The molecule has 41 heavy (non-hydrogen) atoms. The Balaban J connectivity index is 1.42. The van der Waals surface area contributed by atoms with Crippen molar-refractivity contribution in [3.05, 3.63) is 82.3 Å². The number of rotatable bonds is 6. The van der Waals surface area contributed by atoms with E-state index in [1.807, 2.05) is 13.1 Å². The Morgan fingerprint density at radius 3 is 2.71 bits per heavy atom. The highest BCUT2D eigenvalue weighted by Gasteiger charge is 2.35. The number of carbonyl (C=O) groups excluding carboxylic acids is 1. The molecule has 0 saturated heterocycles. The molecule has 5 heterocycles. The first-order valence-corrected chi connectivity index (χ1v) is 13.8. The highest BCUT2D eigenvalue weighted by molar-refractivity contribution is 5.83. The van der Waals surface area contributed by atoms with Gasteiger partial charge in [0.2, 0.25) is 0 Å². The van der Waals surface area contributed by atoms with Crippen LogP contribution in [0, 0.1) is 5.41 Å². The molecule has 6 rings (SSSR count). The predicted molar refractivity (Wildman–Crippen MR) is 159 cm³/mol. The summed E-state index contributed by atoms with van der Waals surface area (Å²) in [6.07, 6.45) is 7.46. The molecule has 10 nitrogen and oxygen atoms in total. The minimum Gasteiger partial charge on any atom is -0.461 e. The summed E-state index contributed by atoms with van der Waals surface area (Å²) in [6, 6.07) is 7.77. The Morgan fingerprint density at radius 2 is 1.98 bits per heavy atom. The van der Waals surface area contributed by atoms with Gasteiger partial charge < -0.3 is 24.1 Å². The van der Waals surface area contributed by atoms with Gasteiger partial charge in [-0.2, -0.15) is 5.10 Å². The smallest absolute Gasteiger partial charge is 0.302 e. The van der Waals surface area contributed by atoms with E-state index in [0.717, 1.165) is 47.5 Å². The van der Waals surface area contributed by atoms with Crippen LogP contribution < -0.4 is 15.8 Å². The van der Waals surface area contributed by atoms with Crippen molar-refractivity contribution in [2.24, 2.45) is 19.5 Å². The van der Waals surface area contributed by atoms with E-state index in [0.29, 0.717) is 23.9 Å². The molecule has 0 spiro atoms. The summed E-state index contributed by atoms with van der Waals surface area (Å²) < 4.78 is 11.1. The summed E-state index contributed by atoms with van der Waals surface area (Å²) in [4.78, 5) is 31.8. The molecule has 1 aliphatic heterocycles. The summed E-state index contributed by atoms with van der Waals surface area (Å²) in [5.74, 6) is 0.879. The summed E-state index contributed by atoms with van der Waals surface area (Å²) in [7, 11) is 3.53. The minimum absolute atomic E-state index is 0.0369. The highest BCUT2D eigenvalue weighted by atomic mass is 16.5. The van der Waals surface area contributed by atoms with Crippen molar-refractivity contribution in [2.45, 2.75) is 46.8 Å². The molecule has 212 valence electrons. The number of nitrogens with zero attached hydrogens (tertiary/aromatic N) is 6. The van der Waals surface area contributed by atoms with Gasteiger partial charge in [0.25, 0.3) is 5.56 Å². The SMILES string of the molecule is C=C1c2cc3c(n2CCN1c1nccc(-c2cc(Nc4ccn(C)n4)c(=O)n(C)c2)c1COC(C)=O)CC(C)(C)C3. The van der Waals surface area contributed by atoms with Gasteiger partial charge in [0, 0.05) is 75.6 Å². The zero-order valence-corrected chi connectivity index (χ0v) is 24.2. The lowest BCUT2D eigenvalue weighted by Crippen LogP contribution is -2.34. The maximum absolute atomic E-state index is 13.0. The van der Waals surface area contributed by atoms with Crippen molar-refractivity contribution in [1.29, 1.82) is 0 Å². The molecular formula is C31H35N7O3. The molecule has 0 bridgehead atoms. The van der Waals surface area contributed by atoms with Crippen LogP contribution >= 0.6 is 0 Å². The lowest BCUT2D eigenvalue weighted by Gasteiger charge is -2.34. The van der Waals surface area contributed by atoms with Crippen molar-refractivity contribution in [2.75, 3.05) is 16.8 Å². The summed E-state index contributed by atoms with van der Waals surface area (Å²) in [6.45, 7) is 12.1. The number of pyridine rings is 2. The van der Waals surface area contributed by atoms with Gasteiger partial charge >= 0.3 is 5.97 Å². The van der Waals surface area contributed by atoms with Gasteiger partial charge in [-0.05, 0) is 47.6 Å². The average Bonchev–Trinajstić information content (AvgIpc) is 3.57. The third kappa shape index (κ3) is 4.83. The average molecular weight is 554 g/mol. The van der Waals surface area contributed by atoms with Gasteiger partial charge in [0.05, 0.1) is 11.4 Å². The van der Waals surface area contributed by atoms with E-state index < -0.39 is 0 Å². The lowest BCUT2D eigenvalue weighted by molar-refractivity contribution is -0.142. The molecule has 0 radical (unpaired) electrons. The molecule has 0 aromatic carbocycles. The van der Waals surface area contributed by atoms with Crippen molar-refractivity contribution < 1.29 is 9.53 Å². The van der Waals surface area contributed by atoms with E-state index in [9.17, 15) is 9.59 Å². The number of fused-ring (bicyclic) bond motifs is 3. The van der Waals surface area contributed by atoms with Crippen molar-refractivity contribution in [3.63, 3.8) is 0 Å². The maximum Gasteiger partial charge on any atom is 0.302 e. The molecule has 2 aliphatic rings. The van der Waals surface area contributed by atoms with Crippen LogP contribution in [-0.4, -0.2) is 36.4 Å². The fourth-order valence-electron chi connectivity index (χ4n) is 6.11. The Kier molecular flexibility index (Phi) is 6.36. The lowest BCUT2D eigenvalue weighted by atomic mass is 9.90. The van der Waals surface area contributed by atoms with E-state index in [4.69, 9.17) is 9.72 Å². The largest absolute Gasteiger partial charge is 0.461 e. The quantitative estimate of drug-likeness (QED) is 0.353. The van der Waals surface area contributed by atoms with Crippen molar-refractivity contribution >= 4 is 29.0 Å². The molecule has 0 atom stereocenters. The maximum atomic E-state index is 13.0. The molecule has 0 fully saturated rings. The molecule has 0 saturated carbocycles. The monoisotopic (exact) mass is 553 g/mol. The molecule has 0 amide bonds. The van der Waals surface area contributed by atoms with Crippen molar-refractivity contribution in [3.8, 4) is 11.1 Å². The number of aromatic nitrogens is 5. The first-order chi connectivity index (χ1) is 19.5. The molecule has 0 unspecified atom stereocenters. The highest BCUT2D eigenvalue weighted by Crippen LogP contribution is 2.42. The second-order valence-electron chi connectivity index (χ2n) is 11.8. The molecule has 1 N–H and O–H groups in total. The minimum atomic E-state index is -0.380. The standard InChI is InChI=1S/C31H35N7O3/c1-19-26-14-21-15-31(3,4)16-27(21)38(26)12-11-37(19)29-24(18-41-20(2)39)23(7-9-32-29)22-13-25(30(40)35(5)17-22)33-28-8-10-36(6)34-28/h7-10,13-14,17H,1,11-12,15-16,18H2,2-6H3,(H,33,34). The van der Waals surface area contributed by atoms with Crippen LogP contribution in [0.3, 0.4) is 0 Å². The van der Waals surface area contributed by atoms with Crippen molar-refractivity contribution in [1.82, 2.24) is 23.9 Å². The number of hydrogen-bond donors (Lipinski definition) is 1. The van der Waals surface area contributed by atoms with Gasteiger partial charge in [-0.25, -0.2) is 4.98 Å². The third-order valence-corrected chi connectivity index (χ3v) is 7.96. The van der Waals surface area contributed by atoms with Crippen LogP contribution in [-0.2, 0) is 49.6 Å². The fourth-order valence-corrected chi connectivity index (χ4v) is 6.11. The van der Waals surface area contributed by atoms with E-state index in [1.165, 1.54) is 22.7 Å². The molecule has 10 heteroatoms. The zero-order valence-electron chi connectivity index (χ0n) is 24.2. The Bertz CT molecular complexity index is 1760. The van der Waals surface area contributed by atoms with Crippen LogP contribution in [0.25, 0.3) is 16.8 Å². The van der Waals surface area contributed by atoms with Gasteiger partial charge in [-0.15, -0.1) is 0 Å². The van der Waals surface area contributed by atoms with Crippen LogP contribution in [0.4, 0.5) is 17.3 Å². The number of anilines is 3. The Hall–Kier alpha value is -4.60. The van der Waals surface area contributed by atoms with E-state index in [-0.39, 0.29) is 23.6 Å². The third-order valence-electron chi connectivity index (χ3n) is 7.96. The number of carbonyl (C=O) groups is 1. The van der Waals surface area contributed by atoms with E-state index in [1.54, 1.807) is 42.5 Å². The Morgan fingerprint density at radius 1 is 1.17 bits per heavy atom. The number of hydrogen-bond acceptors (Lipinski definition) is 7. The summed E-state index contributed by atoms with van der Waals surface area (Å²) in [5, 5.41) is 7.49. The van der Waals surface area contributed by atoms with E-state index in [2.05, 4.69) is 46.4 Å². The molecule has 4 aromatic rings. The van der Waals surface area contributed by atoms with Gasteiger partial charge in [-0.1, -0.05) is 20.4 Å². The number of nitrogens with one attached hydrogen (secondary N) is 1. The summed E-state index contributed by atoms with van der Waals surface area (Å²) >= 11 is 0. The predicted octanol–water partition coefficient (Wildman–Crippen LogP) is 4.40. The van der Waals surface area contributed by atoms with Crippen LogP contribution in [0.5, 0.6) is 0 Å². The molecular weight excluding hydrogens is 518 g/mol. The van der Waals surface area contributed by atoms with Crippen LogP contribution in [0.15, 0.2) is 54.2 Å². The number of ether oxygens (including phenoxy) is 1. The fraction of sp³-hybridized carbons (Fsp3) is 0.355. The van der Waals surface area contributed by atoms with Gasteiger partial charge in [0.1, 0.15) is 18.1 Å². The topological polar surface area (TPSA) is 99.2 Å². The molecule has 1 aliphatic carbocycles. The first kappa shape index (κ1) is 26.6. The van der Waals surface area contributed by atoms with Gasteiger partial charge in [-0.3, -0.25) is 14.3 Å². The normalized spacial score (nSPS) is 15.5. The number of aryl methyl sites for hydroxylation is 2. The molecule has 4 aromatic heterocycles. The van der Waals surface area contributed by atoms with Crippen LogP contribution in [0.2, 0.25) is 0 Å². The van der Waals surface area contributed by atoms with E-state index >= 15 is 0 Å². The second-order valence-corrected chi connectivity index (χ2v) is 11.8. The number of esters is 1. The zero-order chi connectivity index (χ0) is 29.1. The van der Waals surface area contributed by atoms with Gasteiger partial charge in [0.15, 0.2) is 5.82 Å². The second kappa shape index (κ2) is 9.79. The Labute approximate surface area is 238 Å². The first-order valence-electron chi connectivity index (χ1n) is 13.8. The van der Waals surface area contributed by atoms with Crippen LogP contribution in [0.1, 0.15) is 43.3 Å². The summed E-state index contributed by atoms with van der Waals surface area (Å²) in [5.41, 5.74) is 7.60.